The van der Waals surface area contributed by atoms with E-state index in [4.69, 9.17) is 21.3 Å². The molecule has 0 aliphatic carbocycles. The second-order valence-corrected chi connectivity index (χ2v) is 11.8. The van der Waals surface area contributed by atoms with E-state index in [1.54, 1.807) is 6.07 Å². The van der Waals surface area contributed by atoms with E-state index in [1.807, 2.05) is 71.5 Å². The largest absolute Gasteiger partial charge is 0.466 e. The Kier molecular flexibility index (Phi) is 11.8. The fourth-order valence-corrected chi connectivity index (χ4v) is 5.57. The molecule has 0 unspecified atom stereocenters. The molecule has 11 nitrogen and oxygen atoms in total. The Morgan fingerprint density at radius 1 is 1.00 bits per heavy atom. The summed E-state index contributed by atoms with van der Waals surface area (Å²) < 4.78 is 7.30. The second-order valence-electron chi connectivity index (χ2n) is 11.4. The lowest BCUT2D eigenvalue weighted by Gasteiger charge is -2.18. The number of nitrogens with zero attached hydrogens (tertiary/aromatic N) is 6. The predicted octanol–water partition coefficient (Wildman–Crippen LogP) is 6.24. The number of ether oxygens (including phenoxy) is 1. The number of hydrogen-bond donors (Lipinski definition) is 2. The number of esters is 1. The van der Waals surface area contributed by atoms with Crippen LogP contribution in [0.3, 0.4) is 0 Å². The van der Waals surface area contributed by atoms with E-state index in [1.165, 1.54) is 0 Å². The third-order valence-electron chi connectivity index (χ3n) is 7.75. The van der Waals surface area contributed by atoms with Crippen LogP contribution in [0.1, 0.15) is 73.3 Å². The van der Waals surface area contributed by atoms with Crippen molar-refractivity contribution < 1.29 is 14.3 Å². The molecule has 47 heavy (non-hydrogen) atoms. The number of unbranched alkanes of at least 4 members (excludes halogenated alkanes) is 2. The SMILES string of the molecule is CCCCCOC(=O)C[C@@H](Cc1ccccc1Cl)NC(=O)c1cc(CCC)n(Cc2ccc(-c3ccccc3-c3nnn[nH]3)nc2)n1. The van der Waals surface area contributed by atoms with E-state index in [0.717, 1.165) is 65.7 Å². The summed E-state index contributed by atoms with van der Waals surface area (Å²) in [7, 11) is 0. The number of hydrogen-bond acceptors (Lipinski definition) is 8. The molecule has 0 aliphatic heterocycles. The first kappa shape index (κ1) is 33.5. The Labute approximate surface area is 279 Å². The average Bonchev–Trinajstić information content (AvgIpc) is 3.76. The molecule has 3 heterocycles. The van der Waals surface area contributed by atoms with Gasteiger partial charge < -0.3 is 10.1 Å². The van der Waals surface area contributed by atoms with Crippen molar-refractivity contribution in [3.8, 4) is 22.6 Å². The minimum absolute atomic E-state index is 0.0275. The van der Waals surface area contributed by atoms with Crippen LogP contribution in [0.4, 0.5) is 0 Å². The minimum atomic E-state index is -0.520. The number of rotatable bonds is 16. The van der Waals surface area contributed by atoms with Crippen molar-refractivity contribution in [3.05, 3.63) is 100 Å². The van der Waals surface area contributed by atoms with Gasteiger partial charge in [-0.3, -0.25) is 19.3 Å². The molecule has 3 aromatic heterocycles. The van der Waals surface area contributed by atoms with Gasteiger partial charge in [-0.1, -0.05) is 93.2 Å². The topological polar surface area (TPSA) is 141 Å². The Hall–Kier alpha value is -4.90. The van der Waals surface area contributed by atoms with E-state index >= 15 is 0 Å². The average molecular weight is 655 g/mol. The first-order chi connectivity index (χ1) is 22.9. The van der Waals surface area contributed by atoms with Crippen LogP contribution in [-0.2, 0) is 28.9 Å². The Morgan fingerprint density at radius 3 is 2.53 bits per heavy atom. The van der Waals surface area contributed by atoms with Crippen molar-refractivity contribution in [1.29, 1.82) is 0 Å². The lowest BCUT2D eigenvalue weighted by atomic mass is 10.0. The van der Waals surface area contributed by atoms with Crippen LogP contribution in [0.25, 0.3) is 22.6 Å². The van der Waals surface area contributed by atoms with Gasteiger partial charge in [0.25, 0.3) is 5.91 Å². The number of aryl methyl sites for hydroxylation is 1. The summed E-state index contributed by atoms with van der Waals surface area (Å²) in [4.78, 5) is 31.0. The van der Waals surface area contributed by atoms with Gasteiger partial charge in [-0.15, -0.1) is 5.10 Å². The summed E-state index contributed by atoms with van der Waals surface area (Å²) >= 11 is 6.43. The number of amides is 1. The maximum Gasteiger partial charge on any atom is 0.307 e. The van der Waals surface area contributed by atoms with Crippen molar-refractivity contribution in [2.24, 2.45) is 0 Å². The quantitative estimate of drug-likeness (QED) is 0.0941. The number of halogens is 1. The smallest absolute Gasteiger partial charge is 0.307 e. The van der Waals surface area contributed by atoms with Gasteiger partial charge in [0.15, 0.2) is 5.82 Å². The molecule has 0 saturated carbocycles. The highest BCUT2D eigenvalue weighted by molar-refractivity contribution is 6.31. The molecule has 2 aromatic carbocycles. The highest BCUT2D eigenvalue weighted by atomic mass is 35.5. The number of aromatic amines is 1. The van der Waals surface area contributed by atoms with Gasteiger partial charge in [0.1, 0.15) is 5.69 Å². The molecular formula is C35H39ClN8O3. The van der Waals surface area contributed by atoms with E-state index in [2.05, 4.69) is 44.9 Å². The van der Waals surface area contributed by atoms with E-state index in [-0.39, 0.29) is 24.0 Å². The van der Waals surface area contributed by atoms with Gasteiger partial charge in [-0.05, 0) is 59.0 Å². The Morgan fingerprint density at radius 2 is 1.81 bits per heavy atom. The molecule has 0 bridgehead atoms. The molecule has 1 amide bonds. The fourth-order valence-electron chi connectivity index (χ4n) is 5.36. The molecule has 5 aromatic rings. The molecule has 0 radical (unpaired) electrons. The van der Waals surface area contributed by atoms with Gasteiger partial charge in [-0.2, -0.15) is 5.10 Å². The molecule has 5 rings (SSSR count). The van der Waals surface area contributed by atoms with Crippen molar-refractivity contribution in [1.82, 2.24) is 40.7 Å². The summed E-state index contributed by atoms with van der Waals surface area (Å²) in [6.45, 7) is 4.99. The third-order valence-corrected chi connectivity index (χ3v) is 8.11. The van der Waals surface area contributed by atoms with E-state index in [9.17, 15) is 9.59 Å². The Balaban J connectivity index is 1.31. The van der Waals surface area contributed by atoms with Crippen LogP contribution in [0.2, 0.25) is 5.02 Å². The molecule has 0 aliphatic rings. The van der Waals surface area contributed by atoms with Gasteiger partial charge in [0, 0.05) is 34.1 Å². The number of nitrogens with one attached hydrogen (secondary N) is 2. The van der Waals surface area contributed by atoms with Gasteiger partial charge in [0.05, 0.1) is 25.3 Å². The summed E-state index contributed by atoms with van der Waals surface area (Å²) in [5.74, 6) is -0.147. The van der Waals surface area contributed by atoms with Gasteiger partial charge >= 0.3 is 5.97 Å². The molecule has 0 saturated heterocycles. The molecule has 2 N–H and O–H groups in total. The van der Waals surface area contributed by atoms with Crippen molar-refractivity contribution in [2.75, 3.05) is 6.61 Å². The van der Waals surface area contributed by atoms with E-state index < -0.39 is 6.04 Å². The van der Waals surface area contributed by atoms with Crippen molar-refractivity contribution in [3.63, 3.8) is 0 Å². The minimum Gasteiger partial charge on any atom is -0.466 e. The van der Waals surface area contributed by atoms with Gasteiger partial charge in [0.2, 0.25) is 0 Å². The number of aromatic nitrogens is 7. The number of benzene rings is 2. The number of pyridine rings is 1. The van der Waals surface area contributed by atoms with E-state index in [0.29, 0.717) is 30.4 Å². The van der Waals surface area contributed by atoms with Crippen molar-refractivity contribution in [2.45, 2.75) is 71.4 Å². The molecule has 244 valence electrons. The maximum atomic E-state index is 13.6. The monoisotopic (exact) mass is 654 g/mol. The number of tetrazole rings is 1. The molecule has 0 fully saturated rings. The Bertz CT molecular complexity index is 1750. The summed E-state index contributed by atoms with van der Waals surface area (Å²) in [6.07, 6.45) is 6.70. The highest BCUT2D eigenvalue weighted by Gasteiger charge is 2.22. The van der Waals surface area contributed by atoms with Crippen LogP contribution < -0.4 is 5.32 Å². The summed E-state index contributed by atoms with van der Waals surface area (Å²) in [5.41, 5.74) is 5.52. The lowest BCUT2D eigenvalue weighted by Crippen LogP contribution is -2.38. The van der Waals surface area contributed by atoms with Crippen LogP contribution in [0.15, 0.2) is 72.9 Å². The third kappa shape index (κ3) is 9.10. The van der Waals surface area contributed by atoms with Crippen LogP contribution in [0, 0.1) is 0 Å². The fraction of sp³-hybridized carbons (Fsp3) is 0.343. The summed E-state index contributed by atoms with van der Waals surface area (Å²) in [5, 5.41) is 22.5. The predicted molar refractivity (Wildman–Crippen MR) is 180 cm³/mol. The first-order valence-corrected chi connectivity index (χ1v) is 16.4. The lowest BCUT2D eigenvalue weighted by molar-refractivity contribution is -0.144. The van der Waals surface area contributed by atoms with Crippen LogP contribution in [0.5, 0.6) is 0 Å². The summed E-state index contributed by atoms with van der Waals surface area (Å²) in [6, 6.07) is 20.5. The number of H-pyrrole nitrogens is 1. The molecule has 12 heteroatoms. The zero-order valence-corrected chi connectivity index (χ0v) is 27.4. The zero-order valence-electron chi connectivity index (χ0n) is 26.7. The first-order valence-electron chi connectivity index (χ1n) is 16.0. The number of carbonyl (C=O) groups is 2. The normalized spacial score (nSPS) is 11.7. The second kappa shape index (κ2) is 16.6. The van der Waals surface area contributed by atoms with Crippen LogP contribution >= 0.6 is 11.6 Å². The highest BCUT2D eigenvalue weighted by Crippen LogP contribution is 2.28. The van der Waals surface area contributed by atoms with Crippen LogP contribution in [-0.4, -0.2) is 59.9 Å². The maximum absolute atomic E-state index is 13.6. The van der Waals surface area contributed by atoms with Crippen molar-refractivity contribution >= 4 is 23.5 Å². The molecule has 0 spiro atoms. The zero-order chi connectivity index (χ0) is 33.0. The molecule has 1 atom stereocenters. The molecular weight excluding hydrogens is 616 g/mol. The number of carbonyl (C=O) groups excluding carboxylic acids is 2. The van der Waals surface area contributed by atoms with Gasteiger partial charge in [-0.25, -0.2) is 5.10 Å². The standard InChI is InChI=1S/C35H39ClN8O3/c1-3-5-10-18-47-33(45)20-26(19-25-12-6-9-15-30(25)36)38-35(46)32-21-27(11-4-2)44(41-32)23-24-16-17-31(37-22-24)28-13-7-8-14-29(28)34-39-42-43-40-34/h6-9,12-17,21-22,26H,3-5,10-11,18-20,23H2,1-2H3,(H,38,46)(H,39,40,42,43)/t26-/m1/s1.